The molecule has 284 valence electrons. The van der Waals surface area contributed by atoms with Gasteiger partial charge in [-0.15, -0.1) is 0 Å². The number of likely N-dealkylation sites (tertiary alicyclic amines) is 1. The summed E-state index contributed by atoms with van der Waals surface area (Å²) in [7, 11) is 0. The molecule has 2 aliphatic rings. The lowest BCUT2D eigenvalue weighted by molar-refractivity contribution is -0.128. The number of benzene rings is 3. The minimum absolute atomic E-state index is 0.0789. The third kappa shape index (κ3) is 8.57. The van der Waals surface area contributed by atoms with Crippen molar-refractivity contribution in [3.8, 4) is 5.69 Å². The molecule has 2 atom stereocenters. The second-order valence-corrected chi connectivity index (χ2v) is 14.7. The van der Waals surface area contributed by atoms with Crippen molar-refractivity contribution in [3.05, 3.63) is 112 Å². The lowest BCUT2D eigenvalue weighted by atomic mass is 9.93. The van der Waals surface area contributed by atoms with E-state index in [1.165, 1.54) is 0 Å². The van der Waals surface area contributed by atoms with Crippen molar-refractivity contribution in [2.75, 3.05) is 31.6 Å². The summed E-state index contributed by atoms with van der Waals surface area (Å²) in [5.74, 6) is -1.41. The molecular formula is C43H52N6O5. The van der Waals surface area contributed by atoms with Crippen LogP contribution in [0, 0.1) is 19.8 Å². The molecule has 54 heavy (non-hydrogen) atoms. The number of aliphatic hydroxyl groups excluding tert-OH is 1. The van der Waals surface area contributed by atoms with Crippen LogP contribution in [-0.2, 0) is 29.1 Å². The first-order valence-electron chi connectivity index (χ1n) is 19.2. The van der Waals surface area contributed by atoms with Crippen molar-refractivity contribution in [1.29, 1.82) is 0 Å². The fraction of sp³-hybridized carbons (Fsp3) is 0.419. The van der Waals surface area contributed by atoms with Crippen LogP contribution in [-0.4, -0.2) is 85.5 Å². The van der Waals surface area contributed by atoms with Crippen molar-refractivity contribution >= 4 is 29.3 Å². The molecule has 1 fully saturated rings. The van der Waals surface area contributed by atoms with Crippen LogP contribution in [0.2, 0.25) is 0 Å². The number of aryl methyl sites for hydroxylation is 2. The van der Waals surface area contributed by atoms with Gasteiger partial charge in [0.05, 0.1) is 29.8 Å². The van der Waals surface area contributed by atoms with E-state index in [1.54, 1.807) is 38.7 Å². The summed E-state index contributed by atoms with van der Waals surface area (Å²) in [6, 6.07) is 22.3. The predicted octanol–water partition coefficient (Wildman–Crippen LogP) is 6.08. The van der Waals surface area contributed by atoms with Gasteiger partial charge in [-0.2, -0.15) is 5.10 Å². The Morgan fingerprint density at radius 1 is 0.907 bits per heavy atom. The average molecular weight is 733 g/mol. The quantitative estimate of drug-likeness (QED) is 0.162. The zero-order valence-corrected chi connectivity index (χ0v) is 31.9. The molecular weight excluding hydrogens is 681 g/mol. The van der Waals surface area contributed by atoms with E-state index in [1.807, 2.05) is 67.3 Å². The summed E-state index contributed by atoms with van der Waals surface area (Å²) in [5, 5.41) is 18.2. The van der Waals surface area contributed by atoms with Crippen LogP contribution in [0.5, 0.6) is 0 Å². The lowest BCUT2D eigenvalue weighted by Crippen LogP contribution is -2.46. The summed E-state index contributed by atoms with van der Waals surface area (Å²) >= 11 is 0. The smallest absolute Gasteiger partial charge is 0.274 e. The molecule has 1 saturated heterocycles. The van der Waals surface area contributed by atoms with E-state index >= 15 is 0 Å². The average Bonchev–Trinajstić information content (AvgIpc) is 3.76. The zero-order chi connectivity index (χ0) is 38.4. The Kier molecular flexibility index (Phi) is 12.3. The molecule has 11 nitrogen and oxygen atoms in total. The fourth-order valence-corrected chi connectivity index (χ4v) is 7.37. The third-order valence-electron chi connectivity index (χ3n) is 10.6. The van der Waals surface area contributed by atoms with Crippen molar-refractivity contribution in [2.24, 2.45) is 5.92 Å². The number of nitrogens with one attached hydrogen (secondary N) is 1. The van der Waals surface area contributed by atoms with Gasteiger partial charge in [-0.1, -0.05) is 80.8 Å². The molecule has 6 rings (SSSR count). The Hall–Kier alpha value is -5.29. The number of carbonyl (C=O) groups is 4. The van der Waals surface area contributed by atoms with Crippen LogP contribution in [0.4, 0.5) is 5.69 Å². The fourth-order valence-electron chi connectivity index (χ4n) is 7.37. The number of hydrogen-bond donors (Lipinski definition) is 2. The number of aliphatic hydroxyl groups is 1. The van der Waals surface area contributed by atoms with Crippen LogP contribution < -0.4 is 5.32 Å². The summed E-state index contributed by atoms with van der Waals surface area (Å²) in [6.45, 7) is 10.2. The topological polar surface area (TPSA) is 128 Å². The van der Waals surface area contributed by atoms with Crippen LogP contribution in [0.15, 0.2) is 72.8 Å². The SMILES string of the molecule is CCCCN(CCCC)C(=O)c1cc(C)n(-c2ccc(NC(=O)C3CC(=O)N(Cc4ccc(C)cc4)C3)cc2C(=O)N2Cc3ccccc3C[C@H]2CO)n1. The molecule has 3 aromatic carbocycles. The van der Waals surface area contributed by atoms with Gasteiger partial charge >= 0.3 is 0 Å². The Morgan fingerprint density at radius 2 is 1.61 bits per heavy atom. The Morgan fingerprint density at radius 3 is 2.30 bits per heavy atom. The van der Waals surface area contributed by atoms with E-state index in [9.17, 15) is 24.3 Å². The molecule has 0 bridgehead atoms. The highest BCUT2D eigenvalue weighted by molar-refractivity contribution is 6.02. The third-order valence-corrected chi connectivity index (χ3v) is 10.6. The minimum atomic E-state index is -0.551. The van der Waals surface area contributed by atoms with E-state index in [0.717, 1.165) is 47.9 Å². The molecule has 11 heteroatoms. The molecule has 4 amide bonds. The van der Waals surface area contributed by atoms with Crippen LogP contribution in [0.1, 0.15) is 94.7 Å². The molecule has 3 heterocycles. The highest BCUT2D eigenvalue weighted by atomic mass is 16.3. The molecule has 0 aliphatic carbocycles. The van der Waals surface area contributed by atoms with Crippen molar-refractivity contribution in [3.63, 3.8) is 0 Å². The first kappa shape index (κ1) is 38.4. The number of amides is 4. The van der Waals surface area contributed by atoms with Gasteiger partial charge in [-0.3, -0.25) is 19.2 Å². The zero-order valence-electron chi connectivity index (χ0n) is 31.9. The molecule has 0 radical (unpaired) electrons. The van der Waals surface area contributed by atoms with Gasteiger partial charge in [0.25, 0.3) is 11.8 Å². The number of nitrogens with zero attached hydrogens (tertiary/aromatic N) is 5. The van der Waals surface area contributed by atoms with Crippen LogP contribution >= 0.6 is 0 Å². The molecule has 2 aliphatic heterocycles. The summed E-state index contributed by atoms with van der Waals surface area (Å²) < 4.78 is 1.62. The van der Waals surface area contributed by atoms with E-state index in [0.29, 0.717) is 61.9 Å². The minimum Gasteiger partial charge on any atom is -0.394 e. The molecule has 0 spiro atoms. The number of anilines is 1. The number of hydrogen-bond acceptors (Lipinski definition) is 6. The van der Waals surface area contributed by atoms with Crippen molar-refractivity contribution in [2.45, 2.75) is 85.4 Å². The largest absolute Gasteiger partial charge is 0.394 e. The standard InChI is InChI=1S/C43H52N6O5/c1-5-7-19-46(20-8-6-2)43(54)38-21-30(4)49(45-38)39-18-17-35(24-37(39)42(53)48-27-33-12-10-9-11-32(33)22-36(48)28-50)44-41(52)34-23-40(51)47(26-34)25-31-15-13-29(3)14-16-31/h9-18,21,24,34,36,50H,5-8,19-20,22-23,25-28H2,1-4H3,(H,44,52)/t34?,36-/m0/s1. The maximum Gasteiger partial charge on any atom is 0.274 e. The van der Waals surface area contributed by atoms with Gasteiger partial charge in [0.15, 0.2) is 5.69 Å². The van der Waals surface area contributed by atoms with E-state index in [4.69, 9.17) is 5.10 Å². The van der Waals surface area contributed by atoms with Gasteiger partial charge in [-0.05, 0) is 74.1 Å². The molecule has 1 unspecified atom stereocenters. The highest BCUT2D eigenvalue weighted by Gasteiger charge is 2.35. The Labute approximate surface area is 317 Å². The van der Waals surface area contributed by atoms with E-state index in [2.05, 4.69) is 19.2 Å². The molecule has 1 aromatic heterocycles. The number of carbonyl (C=O) groups excluding carboxylic acids is 4. The number of unbranched alkanes of at least 4 members (excludes halogenated alkanes) is 2. The molecule has 4 aromatic rings. The van der Waals surface area contributed by atoms with Gasteiger partial charge in [0, 0.05) is 50.5 Å². The molecule has 2 N–H and O–H groups in total. The van der Waals surface area contributed by atoms with Crippen LogP contribution in [0.25, 0.3) is 5.69 Å². The highest BCUT2D eigenvalue weighted by Crippen LogP contribution is 2.30. The lowest BCUT2D eigenvalue weighted by Gasteiger charge is -2.36. The maximum atomic E-state index is 14.7. The van der Waals surface area contributed by atoms with Crippen LogP contribution in [0.3, 0.4) is 0 Å². The first-order chi connectivity index (χ1) is 26.1. The van der Waals surface area contributed by atoms with E-state index in [-0.39, 0.29) is 42.2 Å². The Balaban J connectivity index is 1.30. The van der Waals surface area contributed by atoms with Gasteiger partial charge < -0.3 is 25.1 Å². The number of rotatable bonds is 14. The van der Waals surface area contributed by atoms with Gasteiger partial charge in [0.1, 0.15) is 0 Å². The summed E-state index contributed by atoms with van der Waals surface area (Å²) in [6.07, 6.45) is 4.33. The van der Waals surface area contributed by atoms with Crippen molar-refractivity contribution < 1.29 is 24.3 Å². The van der Waals surface area contributed by atoms with Gasteiger partial charge in [-0.25, -0.2) is 4.68 Å². The normalized spacial score (nSPS) is 16.7. The second-order valence-electron chi connectivity index (χ2n) is 14.7. The predicted molar refractivity (Wildman–Crippen MR) is 208 cm³/mol. The summed E-state index contributed by atoms with van der Waals surface area (Å²) in [5.41, 5.74) is 6.35. The maximum absolute atomic E-state index is 14.7. The van der Waals surface area contributed by atoms with Crippen molar-refractivity contribution in [1.82, 2.24) is 24.5 Å². The monoisotopic (exact) mass is 732 g/mol. The van der Waals surface area contributed by atoms with E-state index < -0.39 is 12.0 Å². The number of fused-ring (bicyclic) bond motifs is 1. The Bertz CT molecular complexity index is 1980. The number of aromatic nitrogens is 2. The molecule has 0 saturated carbocycles. The summed E-state index contributed by atoms with van der Waals surface area (Å²) in [4.78, 5) is 60.3. The second kappa shape index (κ2) is 17.2. The van der Waals surface area contributed by atoms with Gasteiger partial charge in [0.2, 0.25) is 11.8 Å². The first-order valence-corrected chi connectivity index (χ1v) is 19.2.